The number of ether oxygens (including phenoxy) is 1. The van der Waals surface area contributed by atoms with E-state index in [1.54, 1.807) is 29.2 Å². The highest BCUT2D eigenvalue weighted by Gasteiger charge is 2.50. The Labute approximate surface area is 163 Å². The van der Waals surface area contributed by atoms with Gasteiger partial charge < -0.3 is 19.2 Å². The van der Waals surface area contributed by atoms with Crippen LogP contribution in [-0.2, 0) is 9.59 Å². The number of rotatable bonds is 4. The summed E-state index contributed by atoms with van der Waals surface area (Å²) in [4.78, 5) is 27.5. The molecule has 2 heterocycles. The Bertz CT molecular complexity index is 938. The fourth-order valence-corrected chi connectivity index (χ4v) is 4.29. The van der Waals surface area contributed by atoms with Crippen molar-refractivity contribution in [3.8, 4) is 5.75 Å². The summed E-state index contributed by atoms with van der Waals surface area (Å²) >= 11 is 0. The van der Waals surface area contributed by atoms with Crippen molar-refractivity contribution in [1.82, 2.24) is 4.90 Å². The molecule has 4 rings (SSSR count). The molecule has 2 aliphatic rings. The van der Waals surface area contributed by atoms with Crippen molar-refractivity contribution in [1.29, 1.82) is 0 Å². The van der Waals surface area contributed by atoms with Gasteiger partial charge in [0.25, 0.3) is 11.7 Å². The molecule has 0 radical (unpaired) electrons. The number of furan rings is 1. The highest BCUT2D eigenvalue weighted by atomic mass is 16.5. The molecule has 1 amide bonds. The molecule has 146 valence electrons. The van der Waals surface area contributed by atoms with Gasteiger partial charge in [0.1, 0.15) is 23.3 Å². The van der Waals surface area contributed by atoms with E-state index in [0.717, 1.165) is 31.2 Å². The van der Waals surface area contributed by atoms with Gasteiger partial charge in [-0.25, -0.2) is 0 Å². The number of carbonyl (C=O) groups excluding carboxylic acids is 2. The van der Waals surface area contributed by atoms with Crippen molar-refractivity contribution >= 4 is 17.4 Å². The maximum atomic E-state index is 13.0. The summed E-state index contributed by atoms with van der Waals surface area (Å²) in [6.07, 6.45) is 5.24. The molecular weight excluding hydrogens is 358 g/mol. The number of benzene rings is 1. The monoisotopic (exact) mass is 381 g/mol. The molecule has 1 N–H and O–H groups in total. The van der Waals surface area contributed by atoms with E-state index in [-0.39, 0.29) is 17.4 Å². The quantitative estimate of drug-likeness (QED) is 0.493. The van der Waals surface area contributed by atoms with Crippen LogP contribution in [0.1, 0.15) is 48.6 Å². The predicted octanol–water partition coefficient (Wildman–Crippen LogP) is 3.96. The van der Waals surface area contributed by atoms with Crippen LogP contribution in [0, 0.1) is 6.92 Å². The highest BCUT2D eigenvalue weighted by Crippen LogP contribution is 2.44. The number of aryl methyl sites for hydroxylation is 1. The van der Waals surface area contributed by atoms with Crippen LogP contribution in [0.25, 0.3) is 5.76 Å². The van der Waals surface area contributed by atoms with E-state index in [1.807, 2.05) is 13.0 Å². The minimum absolute atomic E-state index is 0.0312. The van der Waals surface area contributed by atoms with Gasteiger partial charge in [0.15, 0.2) is 0 Å². The number of aliphatic hydroxyl groups excluding tert-OH is 1. The Morgan fingerprint density at radius 3 is 2.61 bits per heavy atom. The molecule has 2 fully saturated rings. The van der Waals surface area contributed by atoms with Crippen LogP contribution in [-0.4, -0.2) is 34.8 Å². The van der Waals surface area contributed by atoms with Crippen LogP contribution >= 0.6 is 0 Å². The van der Waals surface area contributed by atoms with Gasteiger partial charge in [0, 0.05) is 6.04 Å². The number of ketones is 1. The first-order valence-corrected chi connectivity index (χ1v) is 9.51. The molecule has 0 bridgehead atoms. The molecular formula is C22H23NO5. The van der Waals surface area contributed by atoms with Crippen LogP contribution in [0.3, 0.4) is 0 Å². The standard InChI is InChI=1S/C22H23NO5/c1-13-9-10-16(27-2)15(12-13)20(24)18-19(17-8-5-11-28-17)23(22(26)21(18)25)14-6-3-4-7-14/h5,8-12,14,19,24H,3-4,6-7H2,1-2H3/b20-18-. The lowest BCUT2D eigenvalue weighted by molar-refractivity contribution is -0.141. The second-order valence-electron chi connectivity index (χ2n) is 7.36. The number of hydrogen-bond donors (Lipinski definition) is 1. The van der Waals surface area contributed by atoms with Crippen LogP contribution < -0.4 is 4.74 Å². The molecule has 1 saturated heterocycles. The molecule has 1 unspecified atom stereocenters. The van der Waals surface area contributed by atoms with Crippen LogP contribution in [0.4, 0.5) is 0 Å². The second-order valence-corrected chi connectivity index (χ2v) is 7.36. The molecule has 1 aliphatic carbocycles. The third kappa shape index (κ3) is 2.89. The van der Waals surface area contributed by atoms with Gasteiger partial charge in [-0.05, 0) is 44.0 Å². The van der Waals surface area contributed by atoms with Gasteiger partial charge in [-0.15, -0.1) is 0 Å². The first-order valence-electron chi connectivity index (χ1n) is 9.51. The number of methoxy groups -OCH3 is 1. The molecule has 1 atom stereocenters. The fraction of sp³-hybridized carbons (Fsp3) is 0.364. The van der Waals surface area contributed by atoms with Crippen molar-refractivity contribution in [3.63, 3.8) is 0 Å². The van der Waals surface area contributed by atoms with Crippen molar-refractivity contribution in [3.05, 3.63) is 59.1 Å². The number of aliphatic hydroxyl groups is 1. The van der Waals surface area contributed by atoms with E-state index in [9.17, 15) is 14.7 Å². The zero-order valence-electron chi connectivity index (χ0n) is 16.0. The summed E-state index contributed by atoms with van der Waals surface area (Å²) < 4.78 is 10.9. The Morgan fingerprint density at radius 2 is 1.96 bits per heavy atom. The van der Waals surface area contributed by atoms with E-state index >= 15 is 0 Å². The zero-order chi connectivity index (χ0) is 19.8. The van der Waals surface area contributed by atoms with Crippen molar-refractivity contribution in [2.75, 3.05) is 7.11 Å². The Morgan fingerprint density at radius 1 is 1.21 bits per heavy atom. The van der Waals surface area contributed by atoms with Gasteiger partial charge in [0.2, 0.25) is 0 Å². The average Bonchev–Trinajstić information content (AvgIpc) is 3.43. The molecule has 0 spiro atoms. The maximum Gasteiger partial charge on any atom is 0.296 e. The first-order chi connectivity index (χ1) is 13.5. The van der Waals surface area contributed by atoms with Gasteiger partial charge in [-0.2, -0.15) is 0 Å². The SMILES string of the molecule is COc1ccc(C)cc1/C(O)=C1/C(=O)C(=O)N(C2CCCC2)C1c1ccco1. The largest absolute Gasteiger partial charge is 0.507 e. The zero-order valence-corrected chi connectivity index (χ0v) is 16.0. The number of Topliss-reactive ketones (excluding diaryl/α,β-unsaturated/α-hetero) is 1. The second kappa shape index (κ2) is 7.19. The highest BCUT2D eigenvalue weighted by molar-refractivity contribution is 6.46. The topological polar surface area (TPSA) is 80.0 Å². The number of nitrogens with zero attached hydrogens (tertiary/aromatic N) is 1. The van der Waals surface area contributed by atoms with Gasteiger partial charge in [-0.3, -0.25) is 9.59 Å². The van der Waals surface area contributed by atoms with Crippen molar-refractivity contribution in [2.45, 2.75) is 44.7 Å². The number of amides is 1. The molecule has 1 saturated carbocycles. The van der Waals surface area contributed by atoms with E-state index < -0.39 is 17.7 Å². The lowest BCUT2D eigenvalue weighted by atomic mass is 9.97. The van der Waals surface area contributed by atoms with E-state index in [4.69, 9.17) is 9.15 Å². The molecule has 1 aromatic carbocycles. The summed E-state index contributed by atoms with van der Waals surface area (Å²) in [6, 6.07) is 8.03. The summed E-state index contributed by atoms with van der Waals surface area (Å²) in [6.45, 7) is 1.89. The van der Waals surface area contributed by atoms with Crippen molar-refractivity contribution < 1.29 is 23.8 Å². The molecule has 1 aliphatic heterocycles. The number of hydrogen-bond acceptors (Lipinski definition) is 5. The minimum atomic E-state index is -0.733. The summed E-state index contributed by atoms with van der Waals surface area (Å²) in [5, 5.41) is 11.1. The van der Waals surface area contributed by atoms with Crippen molar-refractivity contribution in [2.24, 2.45) is 0 Å². The first kappa shape index (κ1) is 18.3. The lowest BCUT2D eigenvalue weighted by Crippen LogP contribution is -2.37. The molecule has 6 heteroatoms. The fourth-order valence-electron chi connectivity index (χ4n) is 4.29. The normalized spacial score (nSPS) is 22.2. The Balaban J connectivity index is 1.91. The Hall–Kier alpha value is -3.02. The molecule has 28 heavy (non-hydrogen) atoms. The summed E-state index contributed by atoms with van der Waals surface area (Å²) in [5.74, 6) is -0.593. The van der Waals surface area contributed by atoms with Gasteiger partial charge in [-0.1, -0.05) is 24.5 Å². The number of carbonyl (C=O) groups is 2. The van der Waals surface area contributed by atoms with E-state index in [0.29, 0.717) is 17.1 Å². The third-order valence-electron chi connectivity index (χ3n) is 5.62. The summed E-state index contributed by atoms with van der Waals surface area (Å²) in [5.41, 5.74) is 1.35. The van der Waals surface area contributed by atoms with E-state index in [2.05, 4.69) is 0 Å². The Kier molecular flexibility index (Phi) is 4.71. The van der Waals surface area contributed by atoms with Crippen LogP contribution in [0.5, 0.6) is 5.75 Å². The minimum Gasteiger partial charge on any atom is -0.507 e. The van der Waals surface area contributed by atoms with Gasteiger partial charge >= 0.3 is 0 Å². The van der Waals surface area contributed by atoms with Crippen LogP contribution in [0.15, 0.2) is 46.6 Å². The van der Waals surface area contributed by atoms with Gasteiger partial charge in [0.05, 0.1) is 24.5 Å². The molecule has 1 aromatic heterocycles. The molecule has 2 aromatic rings. The number of likely N-dealkylation sites (tertiary alicyclic amines) is 1. The lowest BCUT2D eigenvalue weighted by Gasteiger charge is -2.29. The maximum absolute atomic E-state index is 13.0. The molecule has 6 nitrogen and oxygen atoms in total. The third-order valence-corrected chi connectivity index (χ3v) is 5.62. The predicted molar refractivity (Wildman–Crippen MR) is 103 cm³/mol. The van der Waals surface area contributed by atoms with E-state index in [1.165, 1.54) is 13.4 Å². The average molecular weight is 381 g/mol. The smallest absolute Gasteiger partial charge is 0.296 e. The van der Waals surface area contributed by atoms with Crippen LogP contribution in [0.2, 0.25) is 0 Å². The summed E-state index contributed by atoms with van der Waals surface area (Å²) in [7, 11) is 1.50.